The van der Waals surface area contributed by atoms with Crippen molar-refractivity contribution in [3.05, 3.63) is 18.0 Å². The van der Waals surface area contributed by atoms with Crippen molar-refractivity contribution in [1.82, 2.24) is 20.0 Å². The summed E-state index contributed by atoms with van der Waals surface area (Å²) in [5.74, 6) is 1.64. The molecule has 0 saturated carbocycles. The molecule has 0 radical (unpaired) electrons. The zero-order valence-electron chi connectivity index (χ0n) is 14.3. The zero-order chi connectivity index (χ0) is 17.0. The van der Waals surface area contributed by atoms with E-state index >= 15 is 0 Å². The second kappa shape index (κ2) is 7.86. The van der Waals surface area contributed by atoms with Gasteiger partial charge in [-0.15, -0.1) is 11.8 Å². The van der Waals surface area contributed by atoms with Crippen molar-refractivity contribution in [2.75, 3.05) is 11.6 Å². The Balaban J connectivity index is 1.95. The van der Waals surface area contributed by atoms with E-state index in [4.69, 9.17) is 0 Å². The van der Waals surface area contributed by atoms with Crippen LogP contribution in [-0.4, -0.2) is 50.2 Å². The van der Waals surface area contributed by atoms with Crippen LogP contribution in [0.15, 0.2) is 12.4 Å². The first-order valence-corrected chi connectivity index (χ1v) is 9.21. The fourth-order valence-electron chi connectivity index (χ4n) is 2.55. The molecule has 0 unspecified atom stereocenters. The molecule has 1 aromatic rings. The third-order valence-electron chi connectivity index (χ3n) is 3.96. The summed E-state index contributed by atoms with van der Waals surface area (Å²) in [5.41, 5.74) is 0.528. The monoisotopic (exact) mass is 338 g/mol. The first-order valence-electron chi connectivity index (χ1n) is 8.06. The number of rotatable bonds is 6. The van der Waals surface area contributed by atoms with Crippen molar-refractivity contribution in [1.29, 1.82) is 0 Å². The number of carbonyl (C=O) groups excluding carboxylic acids is 2. The van der Waals surface area contributed by atoms with Crippen molar-refractivity contribution in [3.8, 4) is 0 Å². The summed E-state index contributed by atoms with van der Waals surface area (Å²) in [7, 11) is 1.77. The molecule has 2 amide bonds. The minimum absolute atomic E-state index is 0.0523. The highest BCUT2D eigenvalue weighted by atomic mass is 32.2. The second-order valence-corrected chi connectivity index (χ2v) is 7.57. The summed E-state index contributed by atoms with van der Waals surface area (Å²) in [6, 6.07) is -0.264. The molecule has 0 aliphatic carbocycles. The van der Waals surface area contributed by atoms with Gasteiger partial charge in [-0.25, -0.2) is 0 Å². The third kappa shape index (κ3) is 4.73. The van der Waals surface area contributed by atoms with Crippen molar-refractivity contribution in [2.45, 2.75) is 45.7 Å². The van der Waals surface area contributed by atoms with Gasteiger partial charge in [-0.2, -0.15) is 5.10 Å². The van der Waals surface area contributed by atoms with Crippen LogP contribution >= 0.6 is 11.8 Å². The molecule has 6 nitrogen and oxygen atoms in total. The zero-order valence-corrected chi connectivity index (χ0v) is 15.1. The number of hydrogen-bond acceptors (Lipinski definition) is 4. The molecule has 23 heavy (non-hydrogen) atoms. The van der Waals surface area contributed by atoms with Gasteiger partial charge in [0.1, 0.15) is 6.04 Å². The Morgan fingerprint density at radius 1 is 1.39 bits per heavy atom. The molecule has 128 valence electrons. The number of carbonyl (C=O) groups is 2. The molecular weight excluding hydrogens is 312 g/mol. The van der Waals surface area contributed by atoms with Crippen molar-refractivity contribution < 1.29 is 9.59 Å². The van der Waals surface area contributed by atoms with Gasteiger partial charge >= 0.3 is 0 Å². The van der Waals surface area contributed by atoms with E-state index in [2.05, 4.69) is 24.3 Å². The quantitative estimate of drug-likeness (QED) is 0.860. The van der Waals surface area contributed by atoms with Gasteiger partial charge in [0.2, 0.25) is 5.91 Å². The van der Waals surface area contributed by atoms with Crippen LogP contribution in [0.1, 0.15) is 44.0 Å². The molecule has 7 heteroatoms. The molecule has 1 saturated heterocycles. The molecule has 1 N–H and O–H groups in total. The lowest BCUT2D eigenvalue weighted by atomic mass is 10.0. The Hall–Kier alpha value is -1.50. The predicted octanol–water partition coefficient (Wildman–Crippen LogP) is 1.88. The smallest absolute Gasteiger partial charge is 0.258 e. The van der Waals surface area contributed by atoms with Gasteiger partial charge in [0.25, 0.3) is 5.91 Å². The van der Waals surface area contributed by atoms with E-state index in [1.54, 1.807) is 40.8 Å². The fourth-order valence-corrected chi connectivity index (χ4v) is 3.71. The van der Waals surface area contributed by atoms with E-state index in [0.29, 0.717) is 23.1 Å². The largest absolute Gasteiger partial charge is 0.352 e. The van der Waals surface area contributed by atoms with Gasteiger partial charge in [0.15, 0.2) is 0 Å². The van der Waals surface area contributed by atoms with Crippen LogP contribution < -0.4 is 5.32 Å². The van der Waals surface area contributed by atoms with Gasteiger partial charge in [0, 0.05) is 25.0 Å². The first-order chi connectivity index (χ1) is 10.9. The maximum atomic E-state index is 12.6. The lowest BCUT2D eigenvalue weighted by Crippen LogP contribution is -2.49. The standard InChI is InChI=1S/C16H26N4O2S/c1-11(2)5-6-12(3)18-15(21)14-9-23-10-20(14)16(22)13-7-17-19(4)8-13/h7-8,11-12,14H,5-6,9-10H2,1-4H3,(H,18,21)/t12-,14+/m1/s1. The Morgan fingerprint density at radius 2 is 2.13 bits per heavy atom. The highest BCUT2D eigenvalue weighted by Gasteiger charge is 2.35. The minimum atomic E-state index is -0.394. The van der Waals surface area contributed by atoms with E-state index in [1.165, 1.54) is 0 Å². The van der Waals surface area contributed by atoms with Gasteiger partial charge < -0.3 is 10.2 Å². The van der Waals surface area contributed by atoms with Gasteiger partial charge in [-0.1, -0.05) is 13.8 Å². The van der Waals surface area contributed by atoms with Crippen molar-refractivity contribution in [2.24, 2.45) is 13.0 Å². The van der Waals surface area contributed by atoms with E-state index in [1.807, 2.05) is 6.92 Å². The Morgan fingerprint density at radius 3 is 2.74 bits per heavy atom. The van der Waals surface area contributed by atoms with Crippen LogP contribution in [0.5, 0.6) is 0 Å². The minimum Gasteiger partial charge on any atom is -0.352 e. The summed E-state index contributed by atoms with van der Waals surface area (Å²) >= 11 is 1.61. The average Bonchev–Trinajstić information content (AvgIpc) is 3.13. The number of aryl methyl sites for hydroxylation is 1. The van der Waals surface area contributed by atoms with Crippen LogP contribution in [0, 0.1) is 5.92 Å². The molecular formula is C16H26N4O2S. The number of nitrogens with zero attached hydrogens (tertiary/aromatic N) is 3. The van der Waals surface area contributed by atoms with Crippen molar-refractivity contribution in [3.63, 3.8) is 0 Å². The molecule has 0 spiro atoms. The van der Waals surface area contributed by atoms with Gasteiger partial charge in [-0.3, -0.25) is 14.3 Å². The molecule has 1 aliphatic rings. The number of hydrogen-bond donors (Lipinski definition) is 1. The predicted molar refractivity (Wildman–Crippen MR) is 92.2 cm³/mol. The van der Waals surface area contributed by atoms with Crippen LogP contribution in [-0.2, 0) is 11.8 Å². The molecule has 2 atom stereocenters. The Labute approximate surface area is 142 Å². The maximum Gasteiger partial charge on any atom is 0.258 e. The summed E-state index contributed by atoms with van der Waals surface area (Å²) in [5, 5.41) is 7.08. The normalized spacial score (nSPS) is 19.2. The molecule has 2 heterocycles. The van der Waals surface area contributed by atoms with Crippen LogP contribution in [0.4, 0.5) is 0 Å². The third-order valence-corrected chi connectivity index (χ3v) is 4.98. The lowest BCUT2D eigenvalue weighted by molar-refractivity contribution is -0.125. The fraction of sp³-hybridized carbons (Fsp3) is 0.688. The molecule has 0 bridgehead atoms. The maximum absolute atomic E-state index is 12.6. The summed E-state index contributed by atoms with van der Waals surface area (Å²) in [6.07, 6.45) is 5.27. The van der Waals surface area contributed by atoms with E-state index < -0.39 is 6.04 Å². The van der Waals surface area contributed by atoms with Crippen LogP contribution in [0.3, 0.4) is 0 Å². The summed E-state index contributed by atoms with van der Waals surface area (Å²) in [6.45, 7) is 6.38. The van der Waals surface area contributed by atoms with Crippen LogP contribution in [0.25, 0.3) is 0 Å². The average molecular weight is 338 g/mol. The Kier molecular flexibility index (Phi) is 6.10. The number of thioether (sulfide) groups is 1. The molecule has 2 rings (SSSR count). The molecule has 1 aliphatic heterocycles. The second-order valence-electron chi connectivity index (χ2n) is 6.57. The SMILES string of the molecule is CC(C)CC[C@@H](C)NC(=O)[C@@H]1CSCN1C(=O)c1cnn(C)c1. The highest BCUT2D eigenvalue weighted by molar-refractivity contribution is 7.99. The lowest BCUT2D eigenvalue weighted by Gasteiger charge is -2.24. The summed E-state index contributed by atoms with van der Waals surface area (Å²) < 4.78 is 1.60. The number of nitrogens with one attached hydrogen (secondary N) is 1. The van der Waals surface area contributed by atoms with Gasteiger partial charge in [0.05, 0.1) is 17.6 Å². The number of amides is 2. The summed E-state index contributed by atoms with van der Waals surface area (Å²) in [4.78, 5) is 26.7. The van der Waals surface area contributed by atoms with Crippen LogP contribution in [0.2, 0.25) is 0 Å². The Bertz CT molecular complexity index is 558. The molecule has 1 aromatic heterocycles. The number of aromatic nitrogens is 2. The highest BCUT2D eigenvalue weighted by Crippen LogP contribution is 2.23. The first kappa shape index (κ1) is 17.8. The van der Waals surface area contributed by atoms with E-state index in [9.17, 15) is 9.59 Å². The topological polar surface area (TPSA) is 67.2 Å². The molecule has 1 fully saturated rings. The van der Waals surface area contributed by atoms with E-state index in [0.717, 1.165) is 12.8 Å². The van der Waals surface area contributed by atoms with Crippen molar-refractivity contribution >= 4 is 23.6 Å². The van der Waals surface area contributed by atoms with E-state index in [-0.39, 0.29) is 17.9 Å². The van der Waals surface area contributed by atoms with Gasteiger partial charge in [-0.05, 0) is 25.7 Å². The molecule has 0 aromatic carbocycles.